The summed E-state index contributed by atoms with van der Waals surface area (Å²) in [5.41, 5.74) is 3.30. The third-order valence-corrected chi connectivity index (χ3v) is 5.25. The predicted molar refractivity (Wildman–Crippen MR) is 133 cm³/mol. The van der Waals surface area contributed by atoms with E-state index in [1.807, 2.05) is 32.0 Å². The molecule has 0 atom stereocenters. The first-order chi connectivity index (χ1) is 16.2. The standard InChI is InChI=1S/C26H21BrFN3O3/c1-16-3-9-23(17(2)11-16)31-26(33)19(14-29)12-18-13-20(27)4-10-24(18)34-15-25(32)30-22-7-5-21(28)6-8-22/h3-13H,15H2,1-2H3,(H,30,32)(H,31,33)/b19-12+. The SMILES string of the molecule is Cc1ccc(NC(=O)/C(C#N)=C/c2cc(Br)ccc2OCC(=O)Nc2ccc(F)cc2)c(C)c1. The number of nitrogens with one attached hydrogen (secondary N) is 2. The zero-order valence-electron chi connectivity index (χ0n) is 18.5. The number of ether oxygens (including phenoxy) is 1. The predicted octanol–water partition coefficient (Wildman–Crippen LogP) is 5.77. The van der Waals surface area contributed by atoms with E-state index >= 15 is 0 Å². The molecule has 3 rings (SSSR count). The number of benzene rings is 3. The van der Waals surface area contributed by atoms with Gasteiger partial charge in [0.05, 0.1) is 0 Å². The highest BCUT2D eigenvalue weighted by molar-refractivity contribution is 9.10. The van der Waals surface area contributed by atoms with E-state index in [0.717, 1.165) is 11.1 Å². The van der Waals surface area contributed by atoms with Gasteiger partial charge in [0.1, 0.15) is 23.2 Å². The average Bonchev–Trinajstić information content (AvgIpc) is 2.80. The molecule has 0 radical (unpaired) electrons. The van der Waals surface area contributed by atoms with Crippen molar-refractivity contribution in [2.45, 2.75) is 13.8 Å². The summed E-state index contributed by atoms with van der Waals surface area (Å²) in [6, 6.07) is 17.9. The van der Waals surface area contributed by atoms with Crippen LogP contribution in [0.3, 0.4) is 0 Å². The Bertz CT molecular complexity index is 1300. The van der Waals surface area contributed by atoms with Crippen LogP contribution in [-0.2, 0) is 9.59 Å². The molecular weight excluding hydrogens is 501 g/mol. The van der Waals surface area contributed by atoms with Gasteiger partial charge in [-0.25, -0.2) is 4.39 Å². The molecule has 2 amide bonds. The van der Waals surface area contributed by atoms with Crippen LogP contribution in [0.5, 0.6) is 5.75 Å². The Hall–Kier alpha value is -3.96. The molecule has 3 aromatic rings. The van der Waals surface area contributed by atoms with Gasteiger partial charge in [0.25, 0.3) is 11.8 Å². The molecule has 2 N–H and O–H groups in total. The molecule has 0 saturated heterocycles. The molecule has 8 heteroatoms. The van der Waals surface area contributed by atoms with Crippen LogP contribution in [0.1, 0.15) is 16.7 Å². The van der Waals surface area contributed by atoms with Gasteiger partial charge in [0.2, 0.25) is 0 Å². The minimum absolute atomic E-state index is 0.126. The van der Waals surface area contributed by atoms with Gasteiger partial charge in [0, 0.05) is 21.4 Å². The molecule has 172 valence electrons. The normalized spacial score (nSPS) is 10.9. The number of nitriles is 1. The zero-order chi connectivity index (χ0) is 24.7. The van der Waals surface area contributed by atoms with Gasteiger partial charge in [-0.3, -0.25) is 9.59 Å². The molecule has 6 nitrogen and oxygen atoms in total. The number of carbonyl (C=O) groups excluding carboxylic acids is 2. The van der Waals surface area contributed by atoms with Crippen LogP contribution in [-0.4, -0.2) is 18.4 Å². The van der Waals surface area contributed by atoms with Crippen LogP contribution in [0.15, 0.2) is 70.7 Å². The summed E-state index contributed by atoms with van der Waals surface area (Å²) >= 11 is 3.37. The van der Waals surface area contributed by atoms with Crippen molar-refractivity contribution in [3.8, 4) is 11.8 Å². The highest BCUT2D eigenvalue weighted by Crippen LogP contribution is 2.26. The van der Waals surface area contributed by atoms with Gasteiger partial charge >= 0.3 is 0 Å². The summed E-state index contributed by atoms with van der Waals surface area (Å²) in [6.07, 6.45) is 1.40. The minimum atomic E-state index is -0.561. The van der Waals surface area contributed by atoms with Gasteiger partial charge in [-0.15, -0.1) is 0 Å². The molecule has 0 aromatic heterocycles. The van der Waals surface area contributed by atoms with Crippen LogP contribution in [0, 0.1) is 31.0 Å². The van der Waals surface area contributed by atoms with Gasteiger partial charge in [-0.1, -0.05) is 33.6 Å². The fraction of sp³-hybridized carbons (Fsp3) is 0.115. The van der Waals surface area contributed by atoms with Gasteiger partial charge in [-0.2, -0.15) is 5.26 Å². The van der Waals surface area contributed by atoms with Crippen LogP contribution in [0.25, 0.3) is 6.08 Å². The highest BCUT2D eigenvalue weighted by Gasteiger charge is 2.14. The maximum Gasteiger partial charge on any atom is 0.266 e. The average molecular weight is 522 g/mol. The third-order valence-electron chi connectivity index (χ3n) is 4.75. The van der Waals surface area contributed by atoms with Crippen molar-refractivity contribution in [1.29, 1.82) is 5.26 Å². The van der Waals surface area contributed by atoms with E-state index in [1.165, 1.54) is 30.3 Å². The van der Waals surface area contributed by atoms with Crippen LogP contribution in [0.4, 0.5) is 15.8 Å². The Morgan fingerprint density at radius 2 is 1.79 bits per heavy atom. The van der Waals surface area contributed by atoms with E-state index in [1.54, 1.807) is 24.3 Å². The van der Waals surface area contributed by atoms with E-state index in [4.69, 9.17) is 4.74 Å². The highest BCUT2D eigenvalue weighted by atomic mass is 79.9. The van der Waals surface area contributed by atoms with Crippen molar-refractivity contribution in [1.82, 2.24) is 0 Å². The van der Waals surface area contributed by atoms with Crippen LogP contribution in [0.2, 0.25) is 0 Å². The first-order valence-electron chi connectivity index (χ1n) is 10.2. The Balaban J connectivity index is 1.75. The molecule has 0 saturated carbocycles. The second kappa shape index (κ2) is 11.3. The number of aryl methyl sites for hydroxylation is 2. The van der Waals surface area contributed by atoms with Gasteiger partial charge < -0.3 is 15.4 Å². The Labute approximate surface area is 205 Å². The monoisotopic (exact) mass is 521 g/mol. The molecule has 0 fully saturated rings. The van der Waals surface area contributed by atoms with E-state index in [2.05, 4.69) is 26.6 Å². The first kappa shape index (κ1) is 24.7. The number of hydrogen-bond acceptors (Lipinski definition) is 4. The van der Waals surface area contributed by atoms with Crippen LogP contribution >= 0.6 is 15.9 Å². The molecule has 3 aromatic carbocycles. The molecule has 0 bridgehead atoms. The number of amides is 2. The fourth-order valence-electron chi connectivity index (χ4n) is 3.08. The van der Waals surface area contributed by atoms with Crippen molar-refractivity contribution < 1.29 is 18.7 Å². The molecule has 0 heterocycles. The second-order valence-corrected chi connectivity index (χ2v) is 8.38. The van der Waals surface area contributed by atoms with E-state index in [0.29, 0.717) is 27.2 Å². The van der Waals surface area contributed by atoms with E-state index < -0.39 is 17.6 Å². The lowest BCUT2D eigenvalue weighted by Gasteiger charge is -2.11. The van der Waals surface area contributed by atoms with Crippen molar-refractivity contribution in [2.24, 2.45) is 0 Å². The summed E-state index contributed by atoms with van der Waals surface area (Å²) in [5, 5.41) is 14.9. The number of hydrogen-bond donors (Lipinski definition) is 2. The molecule has 0 spiro atoms. The third kappa shape index (κ3) is 6.77. The number of halogens is 2. The maximum absolute atomic E-state index is 13.0. The van der Waals surface area contributed by atoms with Gasteiger partial charge in [-0.05, 0) is 74.0 Å². The summed E-state index contributed by atoms with van der Waals surface area (Å²) in [5.74, 6) is -1.10. The molecule has 0 aliphatic rings. The molecule has 34 heavy (non-hydrogen) atoms. The Kier molecular flexibility index (Phi) is 8.17. The Morgan fingerprint density at radius 3 is 2.47 bits per heavy atom. The molecule has 0 aliphatic carbocycles. The summed E-state index contributed by atoms with van der Waals surface area (Å²) < 4.78 is 19.4. The van der Waals surface area contributed by atoms with Crippen molar-refractivity contribution >= 4 is 45.2 Å². The van der Waals surface area contributed by atoms with E-state index in [9.17, 15) is 19.2 Å². The zero-order valence-corrected chi connectivity index (χ0v) is 20.1. The van der Waals surface area contributed by atoms with E-state index in [-0.39, 0.29) is 12.2 Å². The Morgan fingerprint density at radius 1 is 1.06 bits per heavy atom. The number of carbonyl (C=O) groups is 2. The number of anilines is 2. The molecular formula is C26H21BrFN3O3. The topological polar surface area (TPSA) is 91.2 Å². The van der Waals surface area contributed by atoms with Crippen molar-refractivity contribution in [3.05, 3.63) is 93.2 Å². The number of nitrogens with zero attached hydrogens (tertiary/aromatic N) is 1. The summed E-state index contributed by atoms with van der Waals surface area (Å²) in [4.78, 5) is 25.0. The van der Waals surface area contributed by atoms with Crippen molar-refractivity contribution in [2.75, 3.05) is 17.2 Å². The lowest BCUT2D eigenvalue weighted by molar-refractivity contribution is -0.118. The lowest BCUT2D eigenvalue weighted by atomic mass is 10.1. The summed E-state index contributed by atoms with van der Waals surface area (Å²) in [6.45, 7) is 3.50. The number of rotatable bonds is 7. The second-order valence-electron chi connectivity index (χ2n) is 7.47. The van der Waals surface area contributed by atoms with Gasteiger partial charge in [0.15, 0.2) is 6.61 Å². The van der Waals surface area contributed by atoms with Crippen LogP contribution < -0.4 is 15.4 Å². The summed E-state index contributed by atoms with van der Waals surface area (Å²) in [7, 11) is 0. The maximum atomic E-state index is 13.0. The largest absolute Gasteiger partial charge is 0.483 e. The minimum Gasteiger partial charge on any atom is -0.483 e. The first-order valence-corrected chi connectivity index (χ1v) is 11.0. The molecule has 0 aliphatic heterocycles. The molecule has 0 unspecified atom stereocenters. The van der Waals surface area contributed by atoms with Crippen molar-refractivity contribution in [3.63, 3.8) is 0 Å². The lowest BCUT2D eigenvalue weighted by Crippen LogP contribution is -2.20. The fourth-order valence-corrected chi connectivity index (χ4v) is 3.46. The smallest absolute Gasteiger partial charge is 0.266 e. The quantitative estimate of drug-likeness (QED) is 0.305.